The number of likely N-dealkylation sites (tertiary alicyclic amines) is 1. The molecule has 3 amide bonds. The smallest absolute Gasteiger partial charge is 0.314 e. The number of carbonyl (C=O) groups excluding carboxylic acids is 2. The number of amides is 3. The minimum Gasteiger partial charge on any atom is -0.380 e. The van der Waals surface area contributed by atoms with E-state index in [2.05, 4.69) is 12.2 Å². The van der Waals surface area contributed by atoms with Gasteiger partial charge in [0, 0.05) is 25.0 Å². The van der Waals surface area contributed by atoms with E-state index < -0.39 is 6.03 Å². The van der Waals surface area contributed by atoms with E-state index in [0.717, 1.165) is 12.8 Å². The molecule has 6 nitrogen and oxygen atoms in total. The maximum atomic E-state index is 12.0. The summed E-state index contributed by atoms with van der Waals surface area (Å²) in [5, 5.41) is 2.96. The van der Waals surface area contributed by atoms with Crippen LogP contribution in [-0.4, -0.2) is 49.7 Å². The van der Waals surface area contributed by atoms with E-state index in [9.17, 15) is 9.59 Å². The standard InChI is InChI=1S/C12H21N3O3/c1-12(7-18-8-12)6-14-10(16)9-3-2-4-15(5-9)11(13)17/h9H,2-8H2,1H3,(H2,13,17)(H,14,16). The summed E-state index contributed by atoms with van der Waals surface area (Å²) in [4.78, 5) is 24.7. The third kappa shape index (κ3) is 2.93. The van der Waals surface area contributed by atoms with Gasteiger partial charge in [-0.3, -0.25) is 4.79 Å². The SMILES string of the molecule is CC1(CNC(=O)C2CCCN(C(N)=O)C2)COC1. The van der Waals surface area contributed by atoms with Crippen molar-refractivity contribution < 1.29 is 14.3 Å². The zero-order chi connectivity index (χ0) is 13.2. The molecule has 0 aliphatic carbocycles. The van der Waals surface area contributed by atoms with Gasteiger partial charge in [0.2, 0.25) is 5.91 Å². The zero-order valence-electron chi connectivity index (χ0n) is 10.8. The Morgan fingerprint density at radius 2 is 2.22 bits per heavy atom. The van der Waals surface area contributed by atoms with E-state index in [1.807, 2.05) is 0 Å². The fourth-order valence-corrected chi connectivity index (χ4v) is 2.39. The molecule has 0 aromatic heterocycles. The molecule has 2 aliphatic rings. The van der Waals surface area contributed by atoms with Crippen LogP contribution in [0, 0.1) is 11.3 Å². The Morgan fingerprint density at radius 3 is 2.78 bits per heavy atom. The minimum absolute atomic E-state index is 0.0223. The van der Waals surface area contributed by atoms with Crippen LogP contribution in [0.15, 0.2) is 0 Å². The van der Waals surface area contributed by atoms with Crippen molar-refractivity contribution >= 4 is 11.9 Å². The van der Waals surface area contributed by atoms with Gasteiger partial charge < -0.3 is 20.7 Å². The molecule has 1 atom stereocenters. The highest BCUT2D eigenvalue weighted by atomic mass is 16.5. The number of nitrogens with zero attached hydrogens (tertiary/aromatic N) is 1. The van der Waals surface area contributed by atoms with Gasteiger partial charge >= 0.3 is 6.03 Å². The van der Waals surface area contributed by atoms with Gasteiger partial charge in [-0.2, -0.15) is 0 Å². The number of rotatable bonds is 3. The van der Waals surface area contributed by atoms with Gasteiger partial charge in [-0.15, -0.1) is 0 Å². The van der Waals surface area contributed by atoms with Crippen LogP contribution in [0.25, 0.3) is 0 Å². The van der Waals surface area contributed by atoms with Gasteiger partial charge in [-0.1, -0.05) is 6.92 Å². The fourth-order valence-electron chi connectivity index (χ4n) is 2.39. The largest absolute Gasteiger partial charge is 0.380 e. The van der Waals surface area contributed by atoms with Crippen molar-refractivity contribution in [3.63, 3.8) is 0 Å². The molecule has 1 unspecified atom stereocenters. The molecule has 3 N–H and O–H groups in total. The molecule has 0 spiro atoms. The molecular formula is C12H21N3O3. The Bertz CT molecular complexity index is 341. The lowest BCUT2D eigenvalue weighted by Gasteiger charge is -2.38. The second-order valence-corrected chi connectivity index (χ2v) is 5.64. The predicted molar refractivity (Wildman–Crippen MR) is 65.8 cm³/mol. The molecule has 2 aliphatic heterocycles. The first-order chi connectivity index (χ1) is 8.50. The minimum atomic E-state index is -0.438. The number of piperidine rings is 1. The molecular weight excluding hydrogens is 234 g/mol. The molecule has 2 fully saturated rings. The lowest BCUT2D eigenvalue weighted by Crippen LogP contribution is -2.52. The molecule has 0 aromatic carbocycles. The highest BCUT2D eigenvalue weighted by Crippen LogP contribution is 2.25. The van der Waals surface area contributed by atoms with Crippen LogP contribution in [0.3, 0.4) is 0 Å². The van der Waals surface area contributed by atoms with Crippen LogP contribution >= 0.6 is 0 Å². The predicted octanol–water partition coefficient (Wildman–Crippen LogP) is -0.0702. The molecule has 2 saturated heterocycles. The van der Waals surface area contributed by atoms with Crippen molar-refractivity contribution in [2.45, 2.75) is 19.8 Å². The van der Waals surface area contributed by atoms with Crippen molar-refractivity contribution in [1.82, 2.24) is 10.2 Å². The van der Waals surface area contributed by atoms with Gasteiger partial charge in [0.05, 0.1) is 19.1 Å². The summed E-state index contributed by atoms with van der Waals surface area (Å²) in [5.41, 5.74) is 5.32. The summed E-state index contributed by atoms with van der Waals surface area (Å²) in [6, 6.07) is -0.438. The molecule has 6 heteroatoms. The topological polar surface area (TPSA) is 84.7 Å². The number of ether oxygens (including phenoxy) is 1. The Kier molecular flexibility index (Phi) is 3.75. The first-order valence-electron chi connectivity index (χ1n) is 6.40. The summed E-state index contributed by atoms with van der Waals surface area (Å²) >= 11 is 0. The quantitative estimate of drug-likeness (QED) is 0.740. The second-order valence-electron chi connectivity index (χ2n) is 5.64. The zero-order valence-corrected chi connectivity index (χ0v) is 10.8. The van der Waals surface area contributed by atoms with Crippen LogP contribution in [0.5, 0.6) is 0 Å². The Morgan fingerprint density at radius 1 is 1.50 bits per heavy atom. The molecule has 0 bridgehead atoms. The lowest BCUT2D eigenvalue weighted by molar-refractivity contribution is -0.131. The van der Waals surface area contributed by atoms with Crippen molar-refractivity contribution in [1.29, 1.82) is 0 Å². The van der Waals surface area contributed by atoms with Gasteiger partial charge in [0.1, 0.15) is 0 Å². The highest BCUT2D eigenvalue weighted by Gasteiger charge is 2.35. The number of hydrogen-bond acceptors (Lipinski definition) is 3. The molecule has 0 radical (unpaired) electrons. The Labute approximate surface area is 107 Å². The number of hydrogen-bond donors (Lipinski definition) is 2. The molecule has 102 valence electrons. The molecule has 0 saturated carbocycles. The fraction of sp³-hybridized carbons (Fsp3) is 0.833. The summed E-state index contributed by atoms with van der Waals surface area (Å²) in [6.07, 6.45) is 1.66. The number of nitrogens with one attached hydrogen (secondary N) is 1. The Balaban J connectivity index is 1.79. The van der Waals surface area contributed by atoms with E-state index in [-0.39, 0.29) is 17.2 Å². The summed E-state index contributed by atoms with van der Waals surface area (Å²) < 4.78 is 5.14. The van der Waals surface area contributed by atoms with Crippen LogP contribution in [0.4, 0.5) is 4.79 Å². The average molecular weight is 255 g/mol. The average Bonchev–Trinajstić information content (AvgIpc) is 2.33. The van der Waals surface area contributed by atoms with E-state index >= 15 is 0 Å². The Hall–Kier alpha value is -1.30. The number of primary amides is 1. The van der Waals surface area contributed by atoms with E-state index in [0.29, 0.717) is 32.8 Å². The summed E-state index contributed by atoms with van der Waals surface area (Å²) in [6.45, 7) is 5.22. The van der Waals surface area contributed by atoms with Gasteiger partial charge in [0.25, 0.3) is 0 Å². The number of carbonyl (C=O) groups is 2. The normalized spacial score (nSPS) is 26.3. The van der Waals surface area contributed by atoms with E-state index in [1.165, 1.54) is 0 Å². The summed E-state index contributed by atoms with van der Waals surface area (Å²) in [5.74, 6) is -0.107. The third-order valence-corrected chi connectivity index (χ3v) is 3.69. The van der Waals surface area contributed by atoms with Crippen molar-refractivity contribution in [3.05, 3.63) is 0 Å². The molecule has 2 heterocycles. The van der Waals surface area contributed by atoms with E-state index in [1.54, 1.807) is 4.90 Å². The maximum absolute atomic E-state index is 12.0. The van der Waals surface area contributed by atoms with Crippen LogP contribution in [0.2, 0.25) is 0 Å². The number of urea groups is 1. The number of nitrogens with two attached hydrogens (primary N) is 1. The van der Waals surface area contributed by atoms with Gasteiger partial charge in [-0.25, -0.2) is 4.79 Å². The monoisotopic (exact) mass is 255 g/mol. The van der Waals surface area contributed by atoms with E-state index in [4.69, 9.17) is 10.5 Å². The summed E-state index contributed by atoms with van der Waals surface area (Å²) in [7, 11) is 0. The van der Waals surface area contributed by atoms with Gasteiger partial charge in [0.15, 0.2) is 0 Å². The second kappa shape index (κ2) is 5.14. The first-order valence-corrected chi connectivity index (χ1v) is 6.40. The first kappa shape index (κ1) is 13.1. The molecule has 0 aromatic rings. The van der Waals surface area contributed by atoms with Crippen LogP contribution < -0.4 is 11.1 Å². The van der Waals surface area contributed by atoms with Crippen LogP contribution in [0.1, 0.15) is 19.8 Å². The molecule has 2 rings (SSSR count). The van der Waals surface area contributed by atoms with Gasteiger partial charge in [-0.05, 0) is 12.8 Å². The van der Waals surface area contributed by atoms with Crippen LogP contribution in [-0.2, 0) is 9.53 Å². The highest BCUT2D eigenvalue weighted by molar-refractivity contribution is 5.80. The maximum Gasteiger partial charge on any atom is 0.314 e. The molecule has 18 heavy (non-hydrogen) atoms. The van der Waals surface area contributed by atoms with Crippen molar-refractivity contribution in [3.8, 4) is 0 Å². The third-order valence-electron chi connectivity index (χ3n) is 3.69. The van der Waals surface area contributed by atoms with Crippen molar-refractivity contribution in [2.24, 2.45) is 17.1 Å². The van der Waals surface area contributed by atoms with Crippen molar-refractivity contribution in [2.75, 3.05) is 32.8 Å². The lowest BCUT2D eigenvalue weighted by atomic mass is 9.88.